The molecule has 1 aliphatic heterocycles. The second-order valence-electron chi connectivity index (χ2n) is 6.23. The molecular weight excluding hydrogens is 420 g/mol. The first-order chi connectivity index (χ1) is 13.4. The summed E-state index contributed by atoms with van der Waals surface area (Å²) < 4.78 is 32.7. The minimum atomic E-state index is -3.43. The predicted octanol–water partition coefficient (Wildman–Crippen LogP) is 2.89. The fourth-order valence-electron chi connectivity index (χ4n) is 2.80. The van der Waals surface area contributed by atoms with Gasteiger partial charge in [-0.1, -0.05) is 35.9 Å². The Morgan fingerprint density at radius 1 is 1.18 bits per heavy atom. The van der Waals surface area contributed by atoms with E-state index in [0.29, 0.717) is 36.2 Å². The number of thiophene rings is 1. The van der Waals surface area contributed by atoms with E-state index in [1.54, 1.807) is 24.3 Å². The average Bonchev–Trinajstić information content (AvgIpc) is 3.11. The second kappa shape index (κ2) is 9.67. The molecule has 0 aliphatic carbocycles. The molecule has 1 aromatic carbocycles. The summed E-state index contributed by atoms with van der Waals surface area (Å²) in [5, 5.41) is 2.80. The van der Waals surface area contributed by atoms with E-state index >= 15 is 0 Å². The average molecular weight is 441 g/mol. The number of hydrogen-bond acceptors (Lipinski definition) is 5. The molecule has 2 aromatic rings. The van der Waals surface area contributed by atoms with Gasteiger partial charge in [-0.2, -0.15) is 4.31 Å². The summed E-state index contributed by atoms with van der Waals surface area (Å²) in [4.78, 5) is 13.0. The number of ether oxygens (including phenoxy) is 1. The number of rotatable bonds is 7. The Bertz CT molecular complexity index is 950. The highest BCUT2D eigenvalue weighted by molar-refractivity contribution is 7.88. The lowest BCUT2D eigenvalue weighted by atomic mass is 10.1. The summed E-state index contributed by atoms with van der Waals surface area (Å²) in [6.07, 6.45) is 3.13. The van der Waals surface area contributed by atoms with Crippen LogP contribution in [0.15, 0.2) is 42.5 Å². The van der Waals surface area contributed by atoms with Crippen molar-refractivity contribution in [3.8, 4) is 0 Å². The van der Waals surface area contributed by atoms with Crippen molar-refractivity contribution in [3.63, 3.8) is 0 Å². The van der Waals surface area contributed by atoms with Crippen molar-refractivity contribution in [2.24, 2.45) is 0 Å². The van der Waals surface area contributed by atoms with Crippen molar-refractivity contribution in [1.29, 1.82) is 0 Å². The van der Waals surface area contributed by atoms with Crippen LogP contribution in [0.25, 0.3) is 6.08 Å². The molecule has 0 unspecified atom stereocenters. The maximum Gasteiger partial charge on any atom is 0.244 e. The van der Waals surface area contributed by atoms with Crippen LogP contribution in [0.5, 0.6) is 0 Å². The van der Waals surface area contributed by atoms with E-state index in [2.05, 4.69) is 5.32 Å². The molecule has 28 heavy (non-hydrogen) atoms. The smallest absolute Gasteiger partial charge is 0.244 e. The third kappa shape index (κ3) is 5.89. The zero-order chi connectivity index (χ0) is 20.0. The highest BCUT2D eigenvalue weighted by Gasteiger charge is 2.25. The van der Waals surface area contributed by atoms with Crippen molar-refractivity contribution >= 4 is 44.9 Å². The van der Waals surface area contributed by atoms with Crippen LogP contribution in [-0.2, 0) is 31.9 Å². The van der Waals surface area contributed by atoms with Gasteiger partial charge in [0, 0.05) is 30.6 Å². The van der Waals surface area contributed by atoms with Crippen LogP contribution in [0.2, 0.25) is 4.34 Å². The number of halogens is 1. The molecule has 0 spiro atoms. The third-order valence-electron chi connectivity index (χ3n) is 4.27. The molecule has 3 rings (SSSR count). The summed E-state index contributed by atoms with van der Waals surface area (Å²) in [5.41, 5.74) is 1.46. The van der Waals surface area contributed by atoms with Gasteiger partial charge in [-0.3, -0.25) is 4.79 Å². The van der Waals surface area contributed by atoms with E-state index < -0.39 is 10.0 Å². The highest BCUT2D eigenvalue weighted by atomic mass is 35.5. The molecule has 1 aliphatic rings. The molecule has 2 heterocycles. The molecule has 150 valence electrons. The normalized spacial score (nSPS) is 15.8. The van der Waals surface area contributed by atoms with E-state index in [0.717, 1.165) is 10.4 Å². The van der Waals surface area contributed by atoms with Gasteiger partial charge in [-0.15, -0.1) is 11.3 Å². The minimum absolute atomic E-state index is 0.0947. The number of sulfonamides is 1. The molecule has 1 saturated heterocycles. The summed E-state index contributed by atoms with van der Waals surface area (Å²) in [5.74, 6) is -0.349. The van der Waals surface area contributed by atoms with Crippen LogP contribution < -0.4 is 5.32 Å². The molecule has 0 saturated carbocycles. The quantitative estimate of drug-likeness (QED) is 0.671. The van der Waals surface area contributed by atoms with Crippen LogP contribution in [-0.4, -0.2) is 44.9 Å². The zero-order valence-corrected chi connectivity index (χ0v) is 17.5. The van der Waals surface area contributed by atoms with Gasteiger partial charge < -0.3 is 10.1 Å². The molecule has 9 heteroatoms. The highest BCUT2D eigenvalue weighted by Crippen LogP contribution is 2.22. The summed E-state index contributed by atoms with van der Waals surface area (Å²) in [6.45, 7) is 1.83. The largest absolute Gasteiger partial charge is 0.379 e. The fraction of sp³-hybridized carbons (Fsp3) is 0.316. The predicted molar refractivity (Wildman–Crippen MR) is 112 cm³/mol. The lowest BCUT2D eigenvalue weighted by Gasteiger charge is -2.26. The number of nitrogens with one attached hydrogen (secondary N) is 1. The number of benzene rings is 1. The van der Waals surface area contributed by atoms with Gasteiger partial charge in [0.2, 0.25) is 15.9 Å². The summed E-state index contributed by atoms with van der Waals surface area (Å²) in [6, 6.07) is 10.8. The number of carbonyl (C=O) groups is 1. The molecule has 0 radical (unpaired) electrons. The Hall–Kier alpha value is -1.71. The van der Waals surface area contributed by atoms with Crippen molar-refractivity contribution in [2.75, 3.05) is 26.3 Å². The van der Waals surface area contributed by atoms with Gasteiger partial charge in [0.15, 0.2) is 0 Å². The Morgan fingerprint density at radius 2 is 1.89 bits per heavy atom. The summed E-state index contributed by atoms with van der Waals surface area (Å²) >= 11 is 7.25. The number of nitrogens with zero attached hydrogens (tertiary/aromatic N) is 1. The standard InChI is InChI=1S/C19H21ClN2O4S2/c20-18-7-5-17(27-18)6-8-19(23)21-13-15-3-1-2-4-16(15)14-28(24,25)22-9-11-26-12-10-22/h1-8H,9-14H2,(H,21,23). The van der Waals surface area contributed by atoms with Crippen LogP contribution in [0, 0.1) is 0 Å². The van der Waals surface area contributed by atoms with E-state index in [-0.39, 0.29) is 18.2 Å². The molecule has 1 aromatic heterocycles. The van der Waals surface area contributed by atoms with E-state index in [1.807, 2.05) is 18.2 Å². The minimum Gasteiger partial charge on any atom is -0.379 e. The van der Waals surface area contributed by atoms with Gasteiger partial charge in [-0.05, 0) is 29.3 Å². The first-order valence-corrected chi connectivity index (χ1v) is 11.6. The Labute approximate surface area is 173 Å². The molecule has 1 N–H and O–H groups in total. The van der Waals surface area contributed by atoms with Crippen molar-refractivity contribution in [2.45, 2.75) is 12.3 Å². The maximum absolute atomic E-state index is 12.7. The monoisotopic (exact) mass is 440 g/mol. The van der Waals surface area contributed by atoms with Crippen LogP contribution >= 0.6 is 22.9 Å². The van der Waals surface area contributed by atoms with Crippen LogP contribution in [0.3, 0.4) is 0 Å². The number of hydrogen-bond donors (Lipinski definition) is 1. The van der Waals surface area contributed by atoms with Crippen molar-refractivity contribution in [3.05, 3.63) is 62.8 Å². The number of amides is 1. The molecule has 1 fully saturated rings. The molecule has 0 atom stereocenters. The first kappa shape index (κ1) is 21.0. The van der Waals surface area contributed by atoms with Gasteiger partial charge in [0.05, 0.1) is 23.3 Å². The Kier molecular flexibility index (Phi) is 7.25. The van der Waals surface area contributed by atoms with Crippen molar-refractivity contribution < 1.29 is 17.9 Å². The van der Waals surface area contributed by atoms with Gasteiger partial charge >= 0.3 is 0 Å². The fourth-order valence-corrected chi connectivity index (χ4v) is 5.33. The molecular formula is C19H21ClN2O4S2. The lowest BCUT2D eigenvalue weighted by Crippen LogP contribution is -2.41. The topological polar surface area (TPSA) is 75.7 Å². The molecule has 6 nitrogen and oxygen atoms in total. The van der Waals surface area contributed by atoms with Gasteiger partial charge in [-0.25, -0.2) is 8.42 Å². The number of morpholine rings is 1. The SMILES string of the molecule is O=C(C=Cc1ccc(Cl)s1)NCc1ccccc1CS(=O)(=O)N1CCOCC1. The lowest BCUT2D eigenvalue weighted by molar-refractivity contribution is -0.116. The van der Waals surface area contributed by atoms with Crippen LogP contribution in [0.4, 0.5) is 0 Å². The van der Waals surface area contributed by atoms with E-state index in [9.17, 15) is 13.2 Å². The van der Waals surface area contributed by atoms with E-state index in [4.69, 9.17) is 16.3 Å². The maximum atomic E-state index is 12.7. The van der Waals surface area contributed by atoms with Crippen molar-refractivity contribution in [1.82, 2.24) is 9.62 Å². The Morgan fingerprint density at radius 3 is 2.57 bits per heavy atom. The molecule has 0 bridgehead atoms. The second-order valence-corrected chi connectivity index (χ2v) is 9.94. The zero-order valence-electron chi connectivity index (χ0n) is 15.1. The third-order valence-corrected chi connectivity index (χ3v) is 7.29. The van der Waals surface area contributed by atoms with E-state index in [1.165, 1.54) is 21.7 Å². The van der Waals surface area contributed by atoms with Crippen LogP contribution in [0.1, 0.15) is 16.0 Å². The van der Waals surface area contributed by atoms with Gasteiger partial charge in [0.1, 0.15) is 0 Å². The number of carbonyl (C=O) groups excluding carboxylic acids is 1. The Balaban J connectivity index is 1.62. The van der Waals surface area contributed by atoms with Gasteiger partial charge in [0.25, 0.3) is 0 Å². The summed E-state index contributed by atoms with van der Waals surface area (Å²) in [7, 11) is -3.43. The first-order valence-electron chi connectivity index (χ1n) is 8.78. The molecule has 1 amide bonds.